The van der Waals surface area contributed by atoms with Gasteiger partial charge in [-0.05, 0) is 42.5 Å². The summed E-state index contributed by atoms with van der Waals surface area (Å²) in [6, 6.07) is 13.6. The first-order valence-electron chi connectivity index (χ1n) is 11.4. The van der Waals surface area contributed by atoms with Crippen LogP contribution in [-0.4, -0.2) is 57.2 Å². The average molecular weight is 455 g/mol. The molecule has 0 radical (unpaired) electrons. The van der Waals surface area contributed by atoms with Crippen LogP contribution in [0.3, 0.4) is 0 Å². The first kappa shape index (κ1) is 24.4. The highest BCUT2D eigenvalue weighted by Gasteiger charge is 2.29. The largest absolute Gasteiger partial charge is 0.493 e. The van der Waals surface area contributed by atoms with Gasteiger partial charge in [-0.1, -0.05) is 37.3 Å². The second-order valence-electron chi connectivity index (χ2n) is 8.25. The van der Waals surface area contributed by atoms with E-state index in [0.717, 1.165) is 30.4 Å². The molecule has 1 saturated heterocycles. The van der Waals surface area contributed by atoms with Crippen molar-refractivity contribution >= 4 is 11.8 Å². The van der Waals surface area contributed by atoms with Gasteiger partial charge in [-0.15, -0.1) is 0 Å². The van der Waals surface area contributed by atoms with E-state index in [1.807, 2.05) is 42.2 Å². The maximum absolute atomic E-state index is 13.1. The quantitative estimate of drug-likeness (QED) is 0.627. The van der Waals surface area contributed by atoms with Crippen LogP contribution in [0.1, 0.15) is 43.2 Å². The second-order valence-corrected chi connectivity index (χ2v) is 8.25. The summed E-state index contributed by atoms with van der Waals surface area (Å²) in [4.78, 5) is 27.7. The number of amides is 2. The number of piperidine rings is 1. The number of hydrogen-bond acceptors (Lipinski definition) is 5. The number of methoxy groups -OCH3 is 3. The lowest BCUT2D eigenvalue weighted by Gasteiger charge is -2.34. The first-order valence-corrected chi connectivity index (χ1v) is 11.4. The molecular weight excluding hydrogens is 420 g/mol. The monoisotopic (exact) mass is 454 g/mol. The van der Waals surface area contributed by atoms with Gasteiger partial charge in [0.1, 0.15) is 0 Å². The van der Waals surface area contributed by atoms with Crippen molar-refractivity contribution in [3.8, 4) is 17.2 Å². The Morgan fingerprint density at radius 3 is 2.12 bits per heavy atom. The van der Waals surface area contributed by atoms with Gasteiger partial charge in [0.25, 0.3) is 0 Å². The van der Waals surface area contributed by atoms with Crippen LogP contribution >= 0.6 is 0 Å². The molecule has 1 aliphatic heterocycles. The Morgan fingerprint density at radius 2 is 1.61 bits per heavy atom. The molecule has 7 nitrogen and oxygen atoms in total. The third kappa shape index (κ3) is 5.97. The van der Waals surface area contributed by atoms with Crippen LogP contribution in [0.25, 0.3) is 0 Å². The Morgan fingerprint density at radius 1 is 1.00 bits per heavy atom. The summed E-state index contributed by atoms with van der Waals surface area (Å²) in [5.41, 5.74) is 1.84. The summed E-state index contributed by atoms with van der Waals surface area (Å²) >= 11 is 0. The van der Waals surface area contributed by atoms with Gasteiger partial charge < -0.3 is 24.4 Å². The van der Waals surface area contributed by atoms with Crippen molar-refractivity contribution in [2.45, 2.75) is 44.6 Å². The Balaban J connectivity index is 1.55. The maximum atomic E-state index is 13.1. The van der Waals surface area contributed by atoms with Crippen molar-refractivity contribution < 1.29 is 23.8 Å². The van der Waals surface area contributed by atoms with Crippen LogP contribution in [0.15, 0.2) is 42.5 Å². The lowest BCUT2D eigenvalue weighted by molar-refractivity contribution is -0.134. The summed E-state index contributed by atoms with van der Waals surface area (Å²) in [5, 5.41) is 3.12. The normalized spacial score (nSPS) is 15.0. The zero-order valence-corrected chi connectivity index (χ0v) is 19.9. The second kappa shape index (κ2) is 11.6. The minimum Gasteiger partial charge on any atom is -0.493 e. The number of likely N-dealkylation sites (tertiary alicyclic amines) is 1. The third-order valence-corrected chi connectivity index (χ3v) is 6.17. The molecule has 0 saturated carbocycles. The molecule has 2 amide bonds. The van der Waals surface area contributed by atoms with Crippen molar-refractivity contribution in [1.82, 2.24) is 10.2 Å². The predicted octanol–water partition coefficient (Wildman–Crippen LogP) is 3.56. The van der Waals surface area contributed by atoms with Gasteiger partial charge in [0, 0.05) is 19.1 Å². The van der Waals surface area contributed by atoms with E-state index in [-0.39, 0.29) is 30.2 Å². The van der Waals surface area contributed by atoms with Crippen molar-refractivity contribution in [2.24, 2.45) is 0 Å². The number of hydrogen-bond donors (Lipinski definition) is 1. The van der Waals surface area contributed by atoms with Gasteiger partial charge in [-0.2, -0.15) is 0 Å². The Labute approximate surface area is 196 Å². The van der Waals surface area contributed by atoms with E-state index in [9.17, 15) is 9.59 Å². The third-order valence-electron chi connectivity index (χ3n) is 6.17. The molecule has 1 N–H and O–H groups in total. The molecule has 0 aliphatic carbocycles. The van der Waals surface area contributed by atoms with E-state index in [4.69, 9.17) is 14.2 Å². The highest BCUT2D eigenvalue weighted by Crippen LogP contribution is 2.38. The Kier molecular flexibility index (Phi) is 8.58. The summed E-state index contributed by atoms with van der Waals surface area (Å²) in [5.74, 6) is 1.54. The van der Waals surface area contributed by atoms with E-state index >= 15 is 0 Å². The molecule has 7 heteroatoms. The highest BCUT2D eigenvalue weighted by molar-refractivity contribution is 5.84. The number of ether oxygens (including phenoxy) is 3. The lowest BCUT2D eigenvalue weighted by atomic mass is 9.93. The van der Waals surface area contributed by atoms with Crippen molar-refractivity contribution in [3.63, 3.8) is 0 Å². The Bertz CT molecular complexity index is 914. The number of nitrogens with one attached hydrogen (secondary N) is 1. The number of benzene rings is 2. The van der Waals surface area contributed by atoms with Crippen LogP contribution in [0.4, 0.5) is 0 Å². The standard InChI is InChI=1S/C26H34N2O5/c1-5-21(19-9-7-6-8-10-19)26(30)28-13-11-20(12-14-28)27-24(29)17-18-15-22(31-2)25(33-4)23(16-18)32-3/h6-10,15-16,20-21H,5,11-14,17H2,1-4H3,(H,27,29). The van der Waals surface area contributed by atoms with Gasteiger partial charge in [0.2, 0.25) is 17.6 Å². The van der Waals surface area contributed by atoms with Crippen LogP contribution in [0.2, 0.25) is 0 Å². The molecule has 178 valence electrons. The molecule has 33 heavy (non-hydrogen) atoms. The highest BCUT2D eigenvalue weighted by atomic mass is 16.5. The summed E-state index contributed by atoms with van der Waals surface area (Å²) in [7, 11) is 4.65. The molecule has 2 aromatic rings. The van der Waals surface area contributed by atoms with E-state index in [0.29, 0.717) is 30.3 Å². The zero-order chi connectivity index (χ0) is 23.8. The molecule has 1 unspecified atom stereocenters. The molecule has 0 aromatic heterocycles. The number of rotatable bonds is 9. The molecule has 1 atom stereocenters. The SMILES string of the molecule is CCC(C(=O)N1CCC(NC(=O)Cc2cc(OC)c(OC)c(OC)c2)CC1)c1ccccc1. The van der Waals surface area contributed by atoms with Gasteiger partial charge in [0.15, 0.2) is 11.5 Å². The van der Waals surface area contributed by atoms with Crippen LogP contribution < -0.4 is 19.5 Å². The van der Waals surface area contributed by atoms with E-state index in [1.165, 1.54) is 0 Å². The van der Waals surface area contributed by atoms with E-state index < -0.39 is 0 Å². The van der Waals surface area contributed by atoms with Gasteiger partial charge in [-0.3, -0.25) is 9.59 Å². The first-order chi connectivity index (χ1) is 16.0. The fourth-order valence-corrected chi connectivity index (χ4v) is 4.40. The maximum Gasteiger partial charge on any atom is 0.230 e. The molecule has 1 aliphatic rings. The van der Waals surface area contributed by atoms with Crippen molar-refractivity contribution in [3.05, 3.63) is 53.6 Å². The average Bonchev–Trinajstić information content (AvgIpc) is 2.84. The minimum atomic E-state index is -0.114. The lowest BCUT2D eigenvalue weighted by Crippen LogP contribution is -2.48. The molecular formula is C26H34N2O5. The van der Waals surface area contributed by atoms with Crippen molar-refractivity contribution in [2.75, 3.05) is 34.4 Å². The van der Waals surface area contributed by atoms with E-state index in [1.54, 1.807) is 33.5 Å². The zero-order valence-electron chi connectivity index (χ0n) is 19.9. The molecule has 0 bridgehead atoms. The fraction of sp³-hybridized carbons (Fsp3) is 0.462. The van der Waals surface area contributed by atoms with Gasteiger partial charge in [0.05, 0.1) is 33.7 Å². The molecule has 3 rings (SSSR count). The van der Waals surface area contributed by atoms with Crippen LogP contribution in [0, 0.1) is 0 Å². The van der Waals surface area contributed by atoms with Crippen LogP contribution in [-0.2, 0) is 16.0 Å². The Hall–Kier alpha value is -3.22. The number of carbonyl (C=O) groups excluding carboxylic acids is 2. The van der Waals surface area contributed by atoms with Crippen LogP contribution in [0.5, 0.6) is 17.2 Å². The summed E-state index contributed by atoms with van der Waals surface area (Å²) in [6.45, 7) is 3.35. The molecule has 1 heterocycles. The molecule has 2 aromatic carbocycles. The molecule has 0 spiro atoms. The van der Waals surface area contributed by atoms with Gasteiger partial charge >= 0.3 is 0 Å². The smallest absolute Gasteiger partial charge is 0.230 e. The van der Waals surface area contributed by atoms with E-state index in [2.05, 4.69) is 5.32 Å². The van der Waals surface area contributed by atoms with Crippen molar-refractivity contribution in [1.29, 1.82) is 0 Å². The topological polar surface area (TPSA) is 77.1 Å². The fourth-order valence-electron chi connectivity index (χ4n) is 4.40. The number of carbonyl (C=O) groups is 2. The summed E-state index contributed by atoms with van der Waals surface area (Å²) in [6.07, 6.45) is 2.48. The molecule has 1 fully saturated rings. The minimum absolute atomic E-state index is 0.0559. The summed E-state index contributed by atoms with van der Waals surface area (Å²) < 4.78 is 16.1. The van der Waals surface area contributed by atoms with Gasteiger partial charge in [-0.25, -0.2) is 0 Å². The number of nitrogens with zero attached hydrogens (tertiary/aromatic N) is 1. The predicted molar refractivity (Wildman–Crippen MR) is 127 cm³/mol.